The van der Waals surface area contributed by atoms with Crippen LogP contribution in [-0.4, -0.2) is 23.4 Å². The maximum atomic E-state index is 12.2. The molecule has 0 bridgehead atoms. The highest BCUT2D eigenvalue weighted by atomic mass is 32.1. The number of thiophene rings is 2. The second kappa shape index (κ2) is 6.88. The Morgan fingerprint density at radius 1 is 1.30 bits per heavy atom. The van der Waals surface area contributed by atoms with E-state index in [9.17, 15) is 19.7 Å². The lowest BCUT2D eigenvalue weighted by Crippen LogP contribution is -2.13. The molecule has 2 aromatic heterocycles. The Hall–Kier alpha value is -2.26. The summed E-state index contributed by atoms with van der Waals surface area (Å²) in [5.74, 6) is -0.989. The van der Waals surface area contributed by atoms with Gasteiger partial charge < -0.3 is 10.1 Å². The molecule has 0 saturated carbocycles. The van der Waals surface area contributed by atoms with Crippen LogP contribution >= 0.6 is 22.7 Å². The molecule has 0 radical (unpaired) electrons. The predicted octanol–water partition coefficient (Wildman–Crippen LogP) is 3.76. The summed E-state index contributed by atoms with van der Waals surface area (Å²) in [6.45, 7) is 5.56. The number of anilines is 1. The van der Waals surface area contributed by atoms with E-state index in [2.05, 4.69) is 5.32 Å². The molecule has 1 N–H and O–H groups in total. The highest BCUT2D eigenvalue weighted by molar-refractivity contribution is 7.18. The van der Waals surface area contributed by atoms with Crippen molar-refractivity contribution in [3.05, 3.63) is 43.1 Å². The van der Waals surface area contributed by atoms with E-state index in [4.69, 9.17) is 4.74 Å². The first-order chi connectivity index (χ1) is 10.8. The van der Waals surface area contributed by atoms with Crippen molar-refractivity contribution in [3.63, 3.8) is 0 Å². The lowest BCUT2D eigenvalue weighted by Gasteiger charge is -2.06. The predicted molar refractivity (Wildman–Crippen MR) is 88.7 cm³/mol. The lowest BCUT2D eigenvalue weighted by molar-refractivity contribution is -0.380. The van der Waals surface area contributed by atoms with Crippen LogP contribution in [0.25, 0.3) is 0 Å². The second-order valence-corrected chi connectivity index (χ2v) is 6.84. The van der Waals surface area contributed by atoms with Gasteiger partial charge in [0.25, 0.3) is 5.91 Å². The van der Waals surface area contributed by atoms with Crippen molar-refractivity contribution in [2.45, 2.75) is 20.8 Å². The molecule has 0 spiro atoms. The van der Waals surface area contributed by atoms with Crippen LogP contribution in [0.3, 0.4) is 0 Å². The molecule has 1 amide bonds. The first-order valence-electron chi connectivity index (χ1n) is 6.67. The summed E-state index contributed by atoms with van der Waals surface area (Å²) in [6, 6.07) is 2.66. The summed E-state index contributed by atoms with van der Waals surface area (Å²) >= 11 is 2.05. The van der Waals surface area contributed by atoms with Crippen LogP contribution in [0, 0.1) is 24.0 Å². The number of nitrogens with one attached hydrogen (secondary N) is 1. The van der Waals surface area contributed by atoms with Crippen molar-refractivity contribution >= 4 is 44.6 Å². The van der Waals surface area contributed by atoms with Gasteiger partial charge in [-0.1, -0.05) is 11.3 Å². The summed E-state index contributed by atoms with van der Waals surface area (Å²) in [5, 5.41) is 13.6. The first-order valence-corrected chi connectivity index (χ1v) is 8.31. The molecule has 7 nitrogen and oxygen atoms in total. The number of rotatable bonds is 5. The van der Waals surface area contributed by atoms with Gasteiger partial charge in [0.05, 0.1) is 22.0 Å². The molecule has 0 aliphatic heterocycles. The van der Waals surface area contributed by atoms with Crippen molar-refractivity contribution in [2.24, 2.45) is 0 Å². The Kier molecular flexibility index (Phi) is 5.12. The van der Waals surface area contributed by atoms with Crippen LogP contribution in [-0.2, 0) is 4.74 Å². The number of nitrogens with zero attached hydrogens (tertiary/aromatic N) is 1. The number of carbonyl (C=O) groups excluding carboxylic acids is 2. The normalized spacial score (nSPS) is 10.4. The van der Waals surface area contributed by atoms with Gasteiger partial charge in [0.2, 0.25) is 0 Å². The van der Waals surface area contributed by atoms with Gasteiger partial charge in [-0.25, -0.2) is 4.79 Å². The second-order valence-electron chi connectivity index (χ2n) is 4.56. The molecule has 0 aliphatic carbocycles. The van der Waals surface area contributed by atoms with Gasteiger partial charge >= 0.3 is 11.0 Å². The maximum absolute atomic E-state index is 12.2. The minimum Gasteiger partial charge on any atom is -0.462 e. The van der Waals surface area contributed by atoms with Crippen LogP contribution in [0.4, 0.5) is 10.0 Å². The van der Waals surface area contributed by atoms with Gasteiger partial charge in [-0.3, -0.25) is 14.9 Å². The average Bonchev–Trinajstić information content (AvgIpc) is 3.06. The Labute approximate surface area is 140 Å². The molecule has 2 rings (SSSR count). The molecule has 0 unspecified atom stereocenters. The number of hydrogen-bond donors (Lipinski definition) is 1. The van der Waals surface area contributed by atoms with E-state index in [1.807, 2.05) is 6.92 Å². The van der Waals surface area contributed by atoms with Crippen molar-refractivity contribution < 1.29 is 19.2 Å². The number of esters is 1. The van der Waals surface area contributed by atoms with Crippen molar-refractivity contribution in [2.75, 3.05) is 11.9 Å². The third-order valence-electron chi connectivity index (χ3n) is 3.09. The number of amides is 1. The molecule has 2 heterocycles. The number of ether oxygens (including phenoxy) is 1. The minimum atomic E-state index is -0.551. The molecule has 0 fully saturated rings. The van der Waals surface area contributed by atoms with Gasteiger partial charge in [0.15, 0.2) is 0 Å². The SMILES string of the molecule is CCOC(=O)c1c(NC(=O)c2ccc([N+](=O)[O-])s2)sc(C)c1C. The number of carbonyl (C=O) groups is 2. The number of aryl methyl sites for hydroxylation is 1. The van der Waals surface area contributed by atoms with Gasteiger partial charge in [-0.2, -0.15) is 0 Å². The molecule has 2 aromatic rings. The van der Waals surface area contributed by atoms with E-state index < -0.39 is 16.8 Å². The Morgan fingerprint density at radius 2 is 2.00 bits per heavy atom. The van der Waals surface area contributed by atoms with E-state index in [-0.39, 0.29) is 16.5 Å². The quantitative estimate of drug-likeness (QED) is 0.501. The molecular formula is C14H14N2O5S2. The van der Waals surface area contributed by atoms with Gasteiger partial charge in [0, 0.05) is 10.9 Å². The molecule has 0 saturated heterocycles. The zero-order valence-corrected chi connectivity index (χ0v) is 14.3. The monoisotopic (exact) mass is 354 g/mol. The lowest BCUT2D eigenvalue weighted by atomic mass is 10.1. The zero-order valence-electron chi connectivity index (χ0n) is 12.7. The van der Waals surface area contributed by atoms with E-state index in [1.165, 1.54) is 23.5 Å². The third-order valence-corrected chi connectivity index (χ3v) is 5.25. The van der Waals surface area contributed by atoms with Crippen molar-refractivity contribution in [3.8, 4) is 0 Å². The summed E-state index contributed by atoms with van der Waals surface area (Å²) < 4.78 is 5.02. The molecule has 9 heteroatoms. The van der Waals surface area contributed by atoms with Crippen LogP contribution in [0.5, 0.6) is 0 Å². The fraction of sp³-hybridized carbons (Fsp3) is 0.286. The van der Waals surface area contributed by atoms with Crippen molar-refractivity contribution in [1.82, 2.24) is 0 Å². The largest absolute Gasteiger partial charge is 0.462 e. The molecule has 23 heavy (non-hydrogen) atoms. The standard InChI is InChI=1S/C14H14N2O5S2/c1-4-21-14(18)11-7(2)8(3)22-13(11)15-12(17)9-5-6-10(23-9)16(19)20/h5-6H,4H2,1-3H3,(H,15,17). The Balaban J connectivity index is 2.28. The number of hydrogen-bond acceptors (Lipinski definition) is 7. The van der Waals surface area contributed by atoms with Crippen molar-refractivity contribution in [1.29, 1.82) is 0 Å². The van der Waals surface area contributed by atoms with Crippen LogP contribution in [0.1, 0.15) is 37.4 Å². The third kappa shape index (κ3) is 3.57. The van der Waals surface area contributed by atoms with Crippen LogP contribution < -0.4 is 5.32 Å². The summed E-state index contributed by atoms with van der Waals surface area (Å²) in [6.07, 6.45) is 0. The molecule has 0 aromatic carbocycles. The number of nitro groups is 1. The molecule has 0 atom stereocenters. The smallest absolute Gasteiger partial charge is 0.341 e. The Morgan fingerprint density at radius 3 is 2.57 bits per heavy atom. The van der Waals surface area contributed by atoms with E-state index in [0.29, 0.717) is 10.6 Å². The molecular weight excluding hydrogens is 340 g/mol. The highest BCUT2D eigenvalue weighted by Crippen LogP contribution is 2.34. The molecule has 0 aliphatic rings. The van der Waals surface area contributed by atoms with Crippen LogP contribution in [0.15, 0.2) is 12.1 Å². The van der Waals surface area contributed by atoms with Gasteiger partial charge in [-0.15, -0.1) is 11.3 Å². The maximum Gasteiger partial charge on any atom is 0.341 e. The van der Waals surface area contributed by atoms with Gasteiger partial charge in [0.1, 0.15) is 5.00 Å². The minimum absolute atomic E-state index is 0.112. The summed E-state index contributed by atoms with van der Waals surface area (Å²) in [4.78, 5) is 35.5. The van der Waals surface area contributed by atoms with E-state index in [1.54, 1.807) is 13.8 Å². The fourth-order valence-corrected chi connectivity index (χ4v) is 3.64. The first kappa shape index (κ1) is 17.1. The van der Waals surface area contributed by atoms with E-state index in [0.717, 1.165) is 21.8 Å². The summed E-state index contributed by atoms with van der Waals surface area (Å²) in [7, 11) is 0. The van der Waals surface area contributed by atoms with E-state index >= 15 is 0 Å². The van der Waals surface area contributed by atoms with Gasteiger partial charge in [-0.05, 0) is 32.4 Å². The topological polar surface area (TPSA) is 98.5 Å². The fourth-order valence-electron chi connectivity index (χ4n) is 1.88. The molecule has 122 valence electrons. The Bertz CT molecular complexity index is 778. The average molecular weight is 354 g/mol. The van der Waals surface area contributed by atoms with Crippen LogP contribution in [0.2, 0.25) is 0 Å². The summed E-state index contributed by atoms with van der Waals surface area (Å²) in [5.41, 5.74) is 1.08. The highest BCUT2D eigenvalue weighted by Gasteiger charge is 2.23. The zero-order chi connectivity index (χ0) is 17.1.